The van der Waals surface area contributed by atoms with Crippen LogP contribution in [0.4, 0.5) is 0 Å². The second-order valence-corrected chi connectivity index (χ2v) is 6.54. The highest BCUT2D eigenvalue weighted by Crippen LogP contribution is 2.24. The number of benzene rings is 1. The second kappa shape index (κ2) is 8.71. The zero-order valence-corrected chi connectivity index (χ0v) is 14.5. The lowest BCUT2D eigenvalue weighted by Crippen LogP contribution is -2.49. The molecule has 2 rings (SSSR count). The molecule has 5 heteroatoms. The van der Waals surface area contributed by atoms with Crippen molar-refractivity contribution in [2.75, 3.05) is 13.2 Å². The maximum Gasteiger partial charge on any atom is 0.308 e. The van der Waals surface area contributed by atoms with Crippen LogP contribution in [0.3, 0.4) is 0 Å². The predicted molar refractivity (Wildman–Crippen MR) is 92.1 cm³/mol. The van der Waals surface area contributed by atoms with Crippen molar-refractivity contribution < 1.29 is 19.4 Å². The van der Waals surface area contributed by atoms with E-state index in [1.165, 1.54) is 0 Å². The largest absolute Gasteiger partial charge is 0.494 e. The second-order valence-electron chi connectivity index (χ2n) is 6.54. The fraction of sp³-hybridized carbons (Fsp3) is 0.579. The number of likely N-dealkylation sites (tertiary alicyclic amines) is 1. The maximum absolute atomic E-state index is 12.3. The third kappa shape index (κ3) is 4.98. The minimum Gasteiger partial charge on any atom is -0.494 e. The number of amides is 1. The molecule has 0 aromatic heterocycles. The summed E-state index contributed by atoms with van der Waals surface area (Å²) in [4.78, 5) is 25.3. The van der Waals surface area contributed by atoms with Gasteiger partial charge in [0.25, 0.3) is 0 Å². The number of nitrogens with zero attached hydrogens (tertiary/aromatic N) is 1. The van der Waals surface area contributed by atoms with Gasteiger partial charge in [0.15, 0.2) is 0 Å². The molecule has 1 amide bonds. The number of hydrogen-bond donors (Lipinski definition) is 1. The number of carbonyl (C=O) groups is 2. The standard InChI is InChI=1S/C19H27NO4/c1-14-7-5-8-16(13-14)24-12-4-3-10-18(21)20-11-6-9-17(15(20)2)19(22)23/h5,7-8,13,15,17H,3-4,6,9-12H2,1-2H3,(H,22,23)/t15-,17-/m1/s1. The first-order valence-electron chi connectivity index (χ1n) is 8.71. The first kappa shape index (κ1) is 18.3. The van der Waals surface area contributed by atoms with Gasteiger partial charge >= 0.3 is 5.97 Å². The summed E-state index contributed by atoms with van der Waals surface area (Å²) in [5, 5.41) is 9.23. The van der Waals surface area contributed by atoms with Crippen LogP contribution in [0.5, 0.6) is 5.75 Å². The van der Waals surface area contributed by atoms with E-state index in [1.807, 2.05) is 38.1 Å². The van der Waals surface area contributed by atoms with Gasteiger partial charge in [-0.1, -0.05) is 12.1 Å². The Bertz CT molecular complexity index is 572. The highest BCUT2D eigenvalue weighted by molar-refractivity contribution is 5.78. The molecule has 1 N–H and O–H groups in total. The van der Waals surface area contributed by atoms with Crippen LogP contribution in [0, 0.1) is 12.8 Å². The summed E-state index contributed by atoms with van der Waals surface area (Å²) >= 11 is 0. The number of ether oxygens (including phenoxy) is 1. The lowest BCUT2D eigenvalue weighted by atomic mass is 9.90. The number of aryl methyl sites for hydroxylation is 1. The summed E-state index contributed by atoms with van der Waals surface area (Å²) in [6, 6.07) is 7.69. The number of unbranched alkanes of at least 4 members (excludes halogenated alkanes) is 1. The van der Waals surface area contributed by atoms with Crippen molar-refractivity contribution in [3.05, 3.63) is 29.8 Å². The Labute approximate surface area is 143 Å². The number of aliphatic carboxylic acids is 1. The van der Waals surface area contributed by atoms with E-state index >= 15 is 0 Å². The van der Waals surface area contributed by atoms with Gasteiger partial charge in [0, 0.05) is 19.0 Å². The molecule has 0 spiro atoms. The number of carboxylic acid groups (broad SMARTS) is 1. The molecule has 132 valence electrons. The van der Waals surface area contributed by atoms with E-state index in [9.17, 15) is 14.7 Å². The van der Waals surface area contributed by atoms with Crippen molar-refractivity contribution in [2.24, 2.45) is 5.92 Å². The average molecular weight is 333 g/mol. The Morgan fingerprint density at radius 2 is 2.12 bits per heavy atom. The van der Waals surface area contributed by atoms with Crippen LogP contribution in [-0.4, -0.2) is 41.1 Å². The van der Waals surface area contributed by atoms with Crippen molar-refractivity contribution >= 4 is 11.9 Å². The van der Waals surface area contributed by atoms with Gasteiger partial charge in [-0.3, -0.25) is 9.59 Å². The quantitative estimate of drug-likeness (QED) is 0.778. The number of hydrogen-bond acceptors (Lipinski definition) is 3. The van der Waals surface area contributed by atoms with Gasteiger partial charge in [-0.15, -0.1) is 0 Å². The Morgan fingerprint density at radius 3 is 2.83 bits per heavy atom. The minimum absolute atomic E-state index is 0.0593. The highest BCUT2D eigenvalue weighted by atomic mass is 16.5. The first-order chi connectivity index (χ1) is 11.5. The van der Waals surface area contributed by atoms with Crippen LogP contribution < -0.4 is 4.74 Å². The van der Waals surface area contributed by atoms with E-state index in [-0.39, 0.29) is 11.9 Å². The van der Waals surface area contributed by atoms with Crippen LogP contribution >= 0.6 is 0 Å². The van der Waals surface area contributed by atoms with Gasteiger partial charge in [0.1, 0.15) is 5.75 Å². The van der Waals surface area contributed by atoms with E-state index in [0.717, 1.165) is 30.6 Å². The van der Waals surface area contributed by atoms with Crippen LogP contribution in [-0.2, 0) is 9.59 Å². The smallest absolute Gasteiger partial charge is 0.308 e. The van der Waals surface area contributed by atoms with E-state index in [0.29, 0.717) is 26.0 Å². The van der Waals surface area contributed by atoms with E-state index in [4.69, 9.17) is 4.74 Å². The Morgan fingerprint density at radius 1 is 1.33 bits per heavy atom. The highest BCUT2D eigenvalue weighted by Gasteiger charge is 2.34. The summed E-state index contributed by atoms with van der Waals surface area (Å²) < 4.78 is 5.68. The molecular weight excluding hydrogens is 306 g/mol. The number of piperidine rings is 1. The molecule has 0 radical (unpaired) electrons. The van der Waals surface area contributed by atoms with Gasteiger partial charge in [0.05, 0.1) is 12.5 Å². The molecular formula is C19H27NO4. The van der Waals surface area contributed by atoms with E-state index < -0.39 is 11.9 Å². The molecule has 0 aliphatic carbocycles. The van der Waals surface area contributed by atoms with Crippen molar-refractivity contribution in [3.63, 3.8) is 0 Å². The van der Waals surface area contributed by atoms with E-state index in [1.54, 1.807) is 4.90 Å². The van der Waals surface area contributed by atoms with Crippen molar-refractivity contribution in [3.8, 4) is 5.75 Å². The molecule has 2 atom stereocenters. The minimum atomic E-state index is -0.799. The topological polar surface area (TPSA) is 66.8 Å². The van der Waals surface area contributed by atoms with E-state index in [2.05, 4.69) is 0 Å². The first-order valence-corrected chi connectivity index (χ1v) is 8.71. The number of carbonyl (C=O) groups excluding carboxylic acids is 1. The fourth-order valence-electron chi connectivity index (χ4n) is 3.24. The molecule has 24 heavy (non-hydrogen) atoms. The molecule has 1 aliphatic heterocycles. The number of rotatable bonds is 7. The third-order valence-electron chi connectivity index (χ3n) is 4.67. The Kier molecular flexibility index (Phi) is 6.64. The lowest BCUT2D eigenvalue weighted by Gasteiger charge is -2.37. The Balaban J connectivity index is 1.70. The lowest BCUT2D eigenvalue weighted by molar-refractivity contribution is -0.149. The SMILES string of the molecule is Cc1cccc(OCCCCC(=O)N2CCC[C@@H](C(=O)O)[C@H]2C)c1. The summed E-state index contributed by atoms with van der Waals surface area (Å²) in [7, 11) is 0. The molecule has 5 nitrogen and oxygen atoms in total. The molecule has 1 heterocycles. The summed E-state index contributed by atoms with van der Waals surface area (Å²) in [5.74, 6) is -0.321. The summed E-state index contributed by atoms with van der Waals surface area (Å²) in [6.07, 6.45) is 3.44. The van der Waals surface area contributed by atoms with Crippen molar-refractivity contribution in [2.45, 2.75) is 52.0 Å². The average Bonchev–Trinajstić information content (AvgIpc) is 2.54. The molecule has 0 unspecified atom stereocenters. The van der Waals surface area contributed by atoms with Crippen LogP contribution in [0.15, 0.2) is 24.3 Å². The zero-order chi connectivity index (χ0) is 17.5. The van der Waals surface area contributed by atoms with Crippen LogP contribution in [0.1, 0.15) is 44.6 Å². The van der Waals surface area contributed by atoms with Crippen molar-refractivity contribution in [1.82, 2.24) is 4.90 Å². The summed E-state index contributed by atoms with van der Waals surface area (Å²) in [6.45, 7) is 5.13. The van der Waals surface area contributed by atoms with Gasteiger partial charge in [-0.05, 0) is 57.2 Å². The normalized spacial score (nSPS) is 20.7. The Hall–Kier alpha value is -2.04. The molecule has 1 fully saturated rings. The number of carboxylic acids is 1. The van der Waals surface area contributed by atoms with Crippen LogP contribution in [0.25, 0.3) is 0 Å². The van der Waals surface area contributed by atoms with Gasteiger partial charge in [-0.25, -0.2) is 0 Å². The van der Waals surface area contributed by atoms with Gasteiger partial charge < -0.3 is 14.7 Å². The molecule has 1 saturated heterocycles. The summed E-state index contributed by atoms with van der Waals surface area (Å²) in [5.41, 5.74) is 1.16. The van der Waals surface area contributed by atoms with Crippen molar-refractivity contribution in [1.29, 1.82) is 0 Å². The van der Waals surface area contributed by atoms with Gasteiger partial charge in [0.2, 0.25) is 5.91 Å². The molecule has 0 saturated carbocycles. The fourth-order valence-corrected chi connectivity index (χ4v) is 3.24. The third-order valence-corrected chi connectivity index (χ3v) is 4.67. The monoisotopic (exact) mass is 333 g/mol. The van der Waals surface area contributed by atoms with Gasteiger partial charge in [-0.2, -0.15) is 0 Å². The molecule has 1 aromatic rings. The predicted octanol–water partition coefficient (Wildman–Crippen LogP) is 3.26. The van der Waals surface area contributed by atoms with Crippen LogP contribution in [0.2, 0.25) is 0 Å². The molecule has 1 aliphatic rings. The molecule has 0 bridgehead atoms. The molecule has 1 aromatic carbocycles. The maximum atomic E-state index is 12.3. The zero-order valence-electron chi connectivity index (χ0n) is 14.5.